The zero-order chi connectivity index (χ0) is 24.1. The van der Waals surface area contributed by atoms with Crippen LogP contribution in [0.5, 0.6) is 5.75 Å². The molecular weight excluding hydrogens is 458 g/mol. The van der Waals surface area contributed by atoms with Crippen molar-refractivity contribution >= 4 is 39.2 Å². The fourth-order valence-electron chi connectivity index (χ4n) is 3.51. The molecule has 0 aliphatic carbocycles. The maximum Gasteiger partial charge on any atom is 0.264 e. The zero-order valence-electron chi connectivity index (χ0n) is 18.3. The van der Waals surface area contributed by atoms with Gasteiger partial charge in [-0.25, -0.2) is 23.1 Å². The quantitative estimate of drug-likeness (QED) is 0.506. The average molecular weight is 482 g/mol. The molecular formula is C23H23N5O5S. The van der Waals surface area contributed by atoms with E-state index in [0.717, 1.165) is 0 Å². The standard InChI is InChI=1S/C23H23N5O5S/c1-2-33-19-8-6-18(7-9-19)28-15-16(14-21(28)29)22(30)26-17-4-10-20(11-5-17)34(31,32)27-23-24-12-3-13-25-23/h3-13,16H,2,14-15H2,1H3,(H,26,30)(H,24,25,27). The van der Waals surface area contributed by atoms with Crippen LogP contribution in [0.3, 0.4) is 0 Å². The third kappa shape index (κ3) is 5.31. The van der Waals surface area contributed by atoms with Crippen molar-refractivity contribution < 1.29 is 22.7 Å². The van der Waals surface area contributed by atoms with Gasteiger partial charge in [0, 0.05) is 36.7 Å². The first-order chi connectivity index (χ1) is 16.4. The lowest BCUT2D eigenvalue weighted by Crippen LogP contribution is -2.28. The van der Waals surface area contributed by atoms with Crippen molar-refractivity contribution in [2.45, 2.75) is 18.2 Å². The maximum atomic E-state index is 12.7. The monoisotopic (exact) mass is 481 g/mol. The Morgan fingerprint density at radius 3 is 2.41 bits per heavy atom. The van der Waals surface area contributed by atoms with E-state index in [0.29, 0.717) is 23.7 Å². The van der Waals surface area contributed by atoms with Gasteiger partial charge in [0.15, 0.2) is 0 Å². The molecule has 1 fully saturated rings. The van der Waals surface area contributed by atoms with Gasteiger partial charge < -0.3 is 15.0 Å². The summed E-state index contributed by atoms with van der Waals surface area (Å²) in [4.78, 5) is 34.5. The summed E-state index contributed by atoms with van der Waals surface area (Å²) in [5, 5.41) is 2.75. The number of sulfonamides is 1. The fourth-order valence-corrected chi connectivity index (χ4v) is 4.47. The van der Waals surface area contributed by atoms with Crippen LogP contribution in [0, 0.1) is 5.92 Å². The Morgan fingerprint density at radius 1 is 1.09 bits per heavy atom. The average Bonchev–Trinajstić information content (AvgIpc) is 3.22. The highest BCUT2D eigenvalue weighted by atomic mass is 32.2. The number of nitrogens with one attached hydrogen (secondary N) is 2. The Bertz CT molecular complexity index is 1270. The zero-order valence-corrected chi connectivity index (χ0v) is 19.2. The van der Waals surface area contributed by atoms with Crippen molar-refractivity contribution in [2.24, 2.45) is 5.92 Å². The number of carbonyl (C=O) groups excluding carboxylic acids is 2. The predicted molar refractivity (Wildman–Crippen MR) is 126 cm³/mol. The van der Waals surface area contributed by atoms with Gasteiger partial charge in [-0.1, -0.05) is 0 Å². The van der Waals surface area contributed by atoms with Gasteiger partial charge >= 0.3 is 0 Å². The number of hydrogen-bond acceptors (Lipinski definition) is 7. The first-order valence-electron chi connectivity index (χ1n) is 10.6. The largest absolute Gasteiger partial charge is 0.494 e. The number of rotatable bonds is 8. The van der Waals surface area contributed by atoms with Crippen LogP contribution in [0.1, 0.15) is 13.3 Å². The second-order valence-electron chi connectivity index (χ2n) is 7.52. The number of aromatic nitrogens is 2. The van der Waals surface area contributed by atoms with Crippen molar-refractivity contribution in [1.29, 1.82) is 0 Å². The molecule has 3 aromatic rings. The molecule has 176 valence electrons. The molecule has 2 aromatic carbocycles. The maximum absolute atomic E-state index is 12.7. The van der Waals surface area contributed by atoms with Crippen molar-refractivity contribution in [3.8, 4) is 5.75 Å². The molecule has 4 rings (SSSR count). The Kier molecular flexibility index (Phi) is 6.73. The van der Waals surface area contributed by atoms with E-state index < -0.39 is 15.9 Å². The van der Waals surface area contributed by atoms with Crippen molar-refractivity contribution in [3.05, 3.63) is 67.0 Å². The first-order valence-corrected chi connectivity index (χ1v) is 12.1. The number of benzene rings is 2. The normalized spacial score (nSPS) is 15.7. The molecule has 1 aromatic heterocycles. The lowest BCUT2D eigenvalue weighted by atomic mass is 10.1. The van der Waals surface area contributed by atoms with Crippen LogP contribution in [0.2, 0.25) is 0 Å². The van der Waals surface area contributed by atoms with Gasteiger partial charge in [0.25, 0.3) is 10.0 Å². The molecule has 2 N–H and O–H groups in total. The van der Waals surface area contributed by atoms with E-state index in [-0.39, 0.29) is 35.6 Å². The SMILES string of the molecule is CCOc1ccc(N2CC(C(=O)Nc3ccc(S(=O)(=O)Nc4ncccn4)cc3)CC2=O)cc1. The highest BCUT2D eigenvalue weighted by molar-refractivity contribution is 7.92. The van der Waals surface area contributed by atoms with Gasteiger partial charge in [-0.05, 0) is 61.5 Å². The minimum absolute atomic E-state index is 0.00401. The summed E-state index contributed by atoms with van der Waals surface area (Å²) in [6, 6.07) is 14.4. The van der Waals surface area contributed by atoms with Gasteiger partial charge in [-0.2, -0.15) is 0 Å². The van der Waals surface area contributed by atoms with Crippen LogP contribution in [0.4, 0.5) is 17.3 Å². The molecule has 1 aliphatic heterocycles. The minimum atomic E-state index is -3.87. The van der Waals surface area contributed by atoms with Crippen LogP contribution in [-0.4, -0.2) is 43.4 Å². The third-order valence-corrected chi connectivity index (χ3v) is 6.52. The third-order valence-electron chi connectivity index (χ3n) is 5.18. The lowest BCUT2D eigenvalue weighted by molar-refractivity contribution is -0.122. The number of amides is 2. The number of hydrogen-bond donors (Lipinski definition) is 2. The highest BCUT2D eigenvalue weighted by Gasteiger charge is 2.35. The lowest BCUT2D eigenvalue weighted by Gasteiger charge is -2.17. The molecule has 2 amide bonds. The van der Waals surface area contributed by atoms with Crippen LogP contribution in [0.15, 0.2) is 71.9 Å². The van der Waals surface area contributed by atoms with E-state index >= 15 is 0 Å². The molecule has 11 heteroatoms. The molecule has 0 bridgehead atoms. The van der Waals surface area contributed by atoms with Crippen LogP contribution in [0.25, 0.3) is 0 Å². The van der Waals surface area contributed by atoms with E-state index in [1.807, 2.05) is 6.92 Å². The van der Waals surface area contributed by atoms with Gasteiger partial charge in [0.2, 0.25) is 17.8 Å². The van der Waals surface area contributed by atoms with Crippen molar-refractivity contribution in [2.75, 3.05) is 28.1 Å². The van der Waals surface area contributed by atoms with E-state index in [2.05, 4.69) is 20.0 Å². The number of carbonyl (C=O) groups is 2. The van der Waals surface area contributed by atoms with E-state index in [1.165, 1.54) is 36.7 Å². The number of ether oxygens (including phenoxy) is 1. The smallest absolute Gasteiger partial charge is 0.264 e. The summed E-state index contributed by atoms with van der Waals surface area (Å²) in [6.45, 7) is 2.70. The summed E-state index contributed by atoms with van der Waals surface area (Å²) >= 11 is 0. The van der Waals surface area contributed by atoms with E-state index in [9.17, 15) is 18.0 Å². The summed E-state index contributed by atoms with van der Waals surface area (Å²) in [7, 11) is -3.87. The fraction of sp³-hybridized carbons (Fsp3) is 0.217. The molecule has 0 saturated carbocycles. The number of anilines is 3. The Balaban J connectivity index is 1.37. The first kappa shape index (κ1) is 23.2. The van der Waals surface area contributed by atoms with Gasteiger partial charge in [0.05, 0.1) is 17.4 Å². The predicted octanol–water partition coefficient (Wildman–Crippen LogP) is 2.67. The van der Waals surface area contributed by atoms with Crippen molar-refractivity contribution in [1.82, 2.24) is 9.97 Å². The number of nitrogens with zero attached hydrogens (tertiary/aromatic N) is 3. The highest BCUT2D eigenvalue weighted by Crippen LogP contribution is 2.28. The van der Waals surface area contributed by atoms with Crippen LogP contribution < -0.4 is 19.7 Å². The molecule has 1 saturated heterocycles. The second kappa shape index (κ2) is 9.87. The Labute approximate surface area is 197 Å². The molecule has 0 radical (unpaired) electrons. The Hall–Kier alpha value is -3.99. The molecule has 34 heavy (non-hydrogen) atoms. The summed E-state index contributed by atoms with van der Waals surface area (Å²) in [5.74, 6) is -0.306. The topological polar surface area (TPSA) is 131 Å². The van der Waals surface area contributed by atoms with Crippen LogP contribution >= 0.6 is 0 Å². The van der Waals surface area contributed by atoms with Gasteiger partial charge in [-0.15, -0.1) is 0 Å². The molecule has 2 heterocycles. The van der Waals surface area contributed by atoms with Crippen LogP contribution in [-0.2, 0) is 19.6 Å². The molecule has 0 spiro atoms. The van der Waals surface area contributed by atoms with Gasteiger partial charge in [0.1, 0.15) is 5.75 Å². The molecule has 1 aliphatic rings. The Morgan fingerprint density at radius 2 is 1.76 bits per heavy atom. The minimum Gasteiger partial charge on any atom is -0.494 e. The van der Waals surface area contributed by atoms with E-state index in [4.69, 9.17) is 4.74 Å². The van der Waals surface area contributed by atoms with Gasteiger partial charge in [-0.3, -0.25) is 9.59 Å². The second-order valence-corrected chi connectivity index (χ2v) is 9.21. The summed E-state index contributed by atoms with van der Waals surface area (Å²) in [5.41, 5.74) is 1.13. The van der Waals surface area contributed by atoms with E-state index in [1.54, 1.807) is 35.2 Å². The molecule has 10 nitrogen and oxygen atoms in total. The molecule has 1 unspecified atom stereocenters. The summed E-state index contributed by atoms with van der Waals surface area (Å²) < 4.78 is 32.7. The molecule has 1 atom stereocenters. The van der Waals surface area contributed by atoms with Crippen molar-refractivity contribution in [3.63, 3.8) is 0 Å². The summed E-state index contributed by atoms with van der Waals surface area (Å²) in [6.07, 6.45) is 2.94.